The van der Waals surface area contributed by atoms with E-state index < -0.39 is 0 Å². The average molecular weight is 302 g/mol. The van der Waals surface area contributed by atoms with E-state index in [1.165, 1.54) is 36.0 Å². The summed E-state index contributed by atoms with van der Waals surface area (Å²) >= 11 is 6.25. The quantitative estimate of drug-likeness (QED) is 0.907. The van der Waals surface area contributed by atoms with Gasteiger partial charge in [0.2, 0.25) is 0 Å². The van der Waals surface area contributed by atoms with Crippen LogP contribution in [0.2, 0.25) is 5.02 Å². The molecule has 2 N–H and O–H groups in total. The molecule has 0 aliphatic heterocycles. The summed E-state index contributed by atoms with van der Waals surface area (Å²) in [5, 5.41) is 0.617. The number of rotatable bonds is 4. The van der Waals surface area contributed by atoms with Crippen LogP contribution < -0.4 is 10.5 Å². The van der Waals surface area contributed by atoms with Crippen molar-refractivity contribution in [3.8, 4) is 5.75 Å². The van der Waals surface area contributed by atoms with Crippen molar-refractivity contribution < 1.29 is 4.74 Å². The van der Waals surface area contributed by atoms with Gasteiger partial charge in [0.15, 0.2) is 0 Å². The van der Waals surface area contributed by atoms with Gasteiger partial charge >= 0.3 is 0 Å². The molecule has 3 heteroatoms. The Morgan fingerprint density at radius 3 is 2.71 bits per heavy atom. The highest BCUT2D eigenvalue weighted by molar-refractivity contribution is 6.32. The maximum absolute atomic E-state index is 6.25. The predicted molar refractivity (Wildman–Crippen MR) is 86.9 cm³/mol. The van der Waals surface area contributed by atoms with Gasteiger partial charge in [0.1, 0.15) is 12.4 Å². The van der Waals surface area contributed by atoms with Crippen molar-refractivity contribution in [2.75, 3.05) is 0 Å². The molecule has 0 fully saturated rings. The van der Waals surface area contributed by atoms with Gasteiger partial charge in [0.05, 0.1) is 5.02 Å². The van der Waals surface area contributed by atoms with Gasteiger partial charge in [0.25, 0.3) is 0 Å². The highest BCUT2D eigenvalue weighted by atomic mass is 35.5. The van der Waals surface area contributed by atoms with Crippen molar-refractivity contribution in [2.45, 2.75) is 38.8 Å². The van der Waals surface area contributed by atoms with Crippen molar-refractivity contribution in [3.63, 3.8) is 0 Å². The van der Waals surface area contributed by atoms with Crippen LogP contribution in [0.5, 0.6) is 5.75 Å². The highest BCUT2D eigenvalue weighted by Crippen LogP contribution is 2.29. The third-order valence-electron chi connectivity index (χ3n) is 4.04. The van der Waals surface area contributed by atoms with E-state index >= 15 is 0 Å². The first-order valence-electron chi connectivity index (χ1n) is 7.42. The third kappa shape index (κ3) is 3.22. The zero-order valence-electron chi connectivity index (χ0n) is 12.2. The Hall–Kier alpha value is -1.51. The topological polar surface area (TPSA) is 35.2 Å². The molecule has 0 unspecified atom stereocenters. The third-order valence-corrected chi connectivity index (χ3v) is 4.33. The summed E-state index contributed by atoms with van der Waals surface area (Å²) < 4.78 is 5.84. The molecule has 2 nitrogen and oxygen atoms in total. The van der Waals surface area contributed by atoms with E-state index in [-0.39, 0.29) is 6.04 Å². The Balaban J connectivity index is 1.70. The molecule has 0 bridgehead atoms. The number of fused-ring (bicyclic) bond motifs is 1. The molecule has 21 heavy (non-hydrogen) atoms. The first-order chi connectivity index (χ1) is 10.1. The number of aryl methyl sites for hydroxylation is 2. The van der Waals surface area contributed by atoms with Crippen LogP contribution in [-0.4, -0.2) is 0 Å². The maximum atomic E-state index is 6.25. The molecule has 1 atom stereocenters. The predicted octanol–water partition coefficient (Wildman–Crippen LogP) is 4.43. The van der Waals surface area contributed by atoms with Gasteiger partial charge in [-0.25, -0.2) is 0 Å². The lowest BCUT2D eigenvalue weighted by molar-refractivity contribution is 0.306. The maximum Gasteiger partial charge on any atom is 0.138 e. The average Bonchev–Trinajstić information content (AvgIpc) is 2.93. The van der Waals surface area contributed by atoms with Gasteiger partial charge in [-0.05, 0) is 60.6 Å². The van der Waals surface area contributed by atoms with E-state index in [0.717, 1.165) is 5.56 Å². The lowest BCUT2D eigenvalue weighted by Gasteiger charge is -2.12. The van der Waals surface area contributed by atoms with E-state index in [0.29, 0.717) is 17.4 Å². The number of hydrogen-bond donors (Lipinski definition) is 1. The number of halogens is 1. The van der Waals surface area contributed by atoms with Crippen LogP contribution in [0.1, 0.15) is 41.6 Å². The fraction of sp³-hybridized carbons (Fsp3) is 0.333. The second-order valence-corrected chi connectivity index (χ2v) is 6.13. The number of nitrogens with two attached hydrogens (primary N) is 1. The molecule has 3 rings (SSSR count). The molecule has 2 aromatic rings. The van der Waals surface area contributed by atoms with Crippen LogP contribution in [0.25, 0.3) is 0 Å². The Morgan fingerprint density at radius 2 is 1.95 bits per heavy atom. The molecule has 0 spiro atoms. The zero-order chi connectivity index (χ0) is 14.8. The zero-order valence-corrected chi connectivity index (χ0v) is 13.0. The van der Waals surface area contributed by atoms with Crippen LogP contribution in [0.3, 0.4) is 0 Å². The summed E-state index contributed by atoms with van der Waals surface area (Å²) in [6.07, 6.45) is 3.66. The molecule has 1 aliphatic carbocycles. The van der Waals surface area contributed by atoms with Crippen molar-refractivity contribution in [1.29, 1.82) is 0 Å². The van der Waals surface area contributed by atoms with E-state index in [1.807, 2.05) is 25.1 Å². The van der Waals surface area contributed by atoms with Crippen molar-refractivity contribution in [2.24, 2.45) is 5.73 Å². The second-order valence-electron chi connectivity index (χ2n) is 5.72. The highest BCUT2D eigenvalue weighted by Gasteiger charge is 2.11. The first kappa shape index (κ1) is 14.4. The van der Waals surface area contributed by atoms with E-state index in [1.54, 1.807) is 0 Å². The van der Waals surface area contributed by atoms with Crippen molar-refractivity contribution in [3.05, 3.63) is 63.7 Å². The molecule has 0 radical (unpaired) electrons. The van der Waals surface area contributed by atoms with Gasteiger partial charge < -0.3 is 10.5 Å². The number of ether oxygens (including phenoxy) is 1. The van der Waals surface area contributed by atoms with Crippen molar-refractivity contribution >= 4 is 11.6 Å². The normalized spacial score (nSPS) is 14.8. The minimum atomic E-state index is -0.0201. The fourth-order valence-corrected chi connectivity index (χ4v) is 3.04. The van der Waals surface area contributed by atoms with Crippen LogP contribution in [0.4, 0.5) is 0 Å². The molecule has 0 saturated carbocycles. The standard InChI is InChI=1S/C18H20ClNO/c1-12(20)15-7-8-18(17(19)10-15)21-11-13-5-6-14-3-2-4-16(14)9-13/h5-10,12H,2-4,11,20H2,1H3/t12-/m1/s1. The molecule has 0 heterocycles. The molecule has 2 aromatic carbocycles. The molecule has 0 saturated heterocycles. The Morgan fingerprint density at radius 1 is 1.14 bits per heavy atom. The van der Waals surface area contributed by atoms with Crippen molar-refractivity contribution in [1.82, 2.24) is 0 Å². The van der Waals surface area contributed by atoms with Gasteiger partial charge in [-0.1, -0.05) is 35.9 Å². The smallest absolute Gasteiger partial charge is 0.138 e. The molecule has 0 aromatic heterocycles. The van der Waals surface area contributed by atoms with Gasteiger partial charge in [0, 0.05) is 6.04 Å². The Kier molecular flexibility index (Phi) is 4.18. The summed E-state index contributed by atoms with van der Waals surface area (Å²) in [5.74, 6) is 0.710. The lowest BCUT2D eigenvalue weighted by atomic mass is 10.1. The molecule has 110 valence electrons. The summed E-state index contributed by atoms with van der Waals surface area (Å²) in [6, 6.07) is 12.4. The van der Waals surface area contributed by atoms with Crippen LogP contribution >= 0.6 is 11.6 Å². The van der Waals surface area contributed by atoms with Gasteiger partial charge in [-0.2, -0.15) is 0 Å². The Labute approximate surface area is 130 Å². The van der Waals surface area contributed by atoms with Crippen LogP contribution in [0, 0.1) is 0 Å². The lowest BCUT2D eigenvalue weighted by Crippen LogP contribution is -2.05. The number of benzene rings is 2. The minimum Gasteiger partial charge on any atom is -0.487 e. The molecule has 1 aliphatic rings. The van der Waals surface area contributed by atoms with Gasteiger partial charge in [-0.3, -0.25) is 0 Å². The fourth-order valence-electron chi connectivity index (χ4n) is 2.79. The molecular weight excluding hydrogens is 282 g/mol. The van der Waals surface area contributed by atoms with E-state index in [2.05, 4.69) is 18.2 Å². The summed E-state index contributed by atoms with van der Waals surface area (Å²) in [7, 11) is 0. The SMILES string of the molecule is C[C@@H](N)c1ccc(OCc2ccc3c(c2)CCC3)c(Cl)c1. The molecular formula is C18H20ClNO. The van der Waals surface area contributed by atoms with Crippen LogP contribution in [0.15, 0.2) is 36.4 Å². The molecule has 0 amide bonds. The summed E-state index contributed by atoms with van der Waals surface area (Å²) in [4.78, 5) is 0. The largest absolute Gasteiger partial charge is 0.487 e. The number of hydrogen-bond acceptors (Lipinski definition) is 2. The minimum absolute atomic E-state index is 0.0201. The summed E-state index contributed by atoms with van der Waals surface area (Å²) in [5.41, 5.74) is 11.0. The van der Waals surface area contributed by atoms with E-state index in [4.69, 9.17) is 22.1 Å². The Bertz CT molecular complexity index is 652. The van der Waals surface area contributed by atoms with Gasteiger partial charge in [-0.15, -0.1) is 0 Å². The second kappa shape index (κ2) is 6.08. The summed E-state index contributed by atoms with van der Waals surface area (Å²) in [6.45, 7) is 2.49. The first-order valence-corrected chi connectivity index (χ1v) is 7.80. The van der Waals surface area contributed by atoms with E-state index in [9.17, 15) is 0 Å². The monoisotopic (exact) mass is 301 g/mol. The van der Waals surface area contributed by atoms with Crippen LogP contribution in [-0.2, 0) is 19.4 Å².